The Morgan fingerprint density at radius 3 is 2.68 bits per heavy atom. The molecule has 0 radical (unpaired) electrons. The quantitative estimate of drug-likeness (QED) is 0.647. The van der Waals surface area contributed by atoms with Crippen molar-refractivity contribution in [3.8, 4) is 0 Å². The van der Waals surface area contributed by atoms with Crippen molar-refractivity contribution in [1.82, 2.24) is 4.98 Å². The number of fused-ring (bicyclic) bond motifs is 2. The summed E-state index contributed by atoms with van der Waals surface area (Å²) in [4.78, 5) is 17.6. The van der Waals surface area contributed by atoms with Crippen molar-refractivity contribution in [3.63, 3.8) is 0 Å². The van der Waals surface area contributed by atoms with Crippen LogP contribution < -0.4 is 0 Å². The summed E-state index contributed by atoms with van der Waals surface area (Å²) in [5, 5.41) is 0.833. The standard InChI is InChI=1S/C21H18FNO2/c1-13(14-9-11-15(22)12-10-14)25-21(24)20-16-5-2-3-7-18(16)23-19-8-4-6-17(19)20/h2-3,5,7,9-13H,4,6,8H2,1H3/t13-/m1/s1. The molecule has 0 aliphatic heterocycles. The lowest BCUT2D eigenvalue weighted by molar-refractivity contribution is 0.0339. The number of rotatable bonds is 3. The Morgan fingerprint density at radius 2 is 1.88 bits per heavy atom. The lowest BCUT2D eigenvalue weighted by Gasteiger charge is -2.16. The van der Waals surface area contributed by atoms with E-state index in [1.54, 1.807) is 19.1 Å². The van der Waals surface area contributed by atoms with E-state index in [1.165, 1.54) is 12.1 Å². The zero-order valence-electron chi connectivity index (χ0n) is 14.0. The first-order valence-corrected chi connectivity index (χ1v) is 8.50. The maximum absolute atomic E-state index is 13.1. The summed E-state index contributed by atoms with van der Waals surface area (Å²) in [5.41, 5.74) is 4.23. The largest absolute Gasteiger partial charge is 0.454 e. The van der Waals surface area contributed by atoms with Crippen LogP contribution in [0.5, 0.6) is 0 Å². The highest BCUT2D eigenvalue weighted by atomic mass is 19.1. The van der Waals surface area contributed by atoms with Gasteiger partial charge in [0.25, 0.3) is 0 Å². The third kappa shape index (κ3) is 2.88. The Balaban J connectivity index is 1.71. The van der Waals surface area contributed by atoms with Gasteiger partial charge in [-0.05, 0) is 55.5 Å². The van der Waals surface area contributed by atoms with Crippen LogP contribution in [0.1, 0.15) is 46.6 Å². The molecule has 3 aromatic rings. The minimum Gasteiger partial charge on any atom is -0.454 e. The summed E-state index contributed by atoms with van der Waals surface area (Å²) in [6, 6.07) is 13.7. The molecule has 3 nitrogen and oxygen atoms in total. The van der Waals surface area contributed by atoms with E-state index < -0.39 is 6.10 Å². The molecule has 0 N–H and O–H groups in total. The van der Waals surface area contributed by atoms with E-state index in [1.807, 2.05) is 24.3 Å². The number of nitrogens with zero attached hydrogens (tertiary/aromatic N) is 1. The molecule has 1 aliphatic rings. The first-order valence-electron chi connectivity index (χ1n) is 8.50. The van der Waals surface area contributed by atoms with E-state index in [9.17, 15) is 9.18 Å². The minimum atomic E-state index is -0.447. The van der Waals surface area contributed by atoms with Gasteiger partial charge in [0.1, 0.15) is 11.9 Å². The number of hydrogen-bond acceptors (Lipinski definition) is 3. The second-order valence-electron chi connectivity index (χ2n) is 6.38. The van der Waals surface area contributed by atoms with Crippen molar-refractivity contribution in [3.05, 3.63) is 76.7 Å². The highest BCUT2D eigenvalue weighted by Gasteiger charge is 2.25. The molecule has 4 rings (SSSR count). The Labute approximate surface area is 145 Å². The molecule has 25 heavy (non-hydrogen) atoms. The van der Waals surface area contributed by atoms with E-state index in [4.69, 9.17) is 9.72 Å². The average Bonchev–Trinajstić information content (AvgIpc) is 3.07. The Morgan fingerprint density at radius 1 is 1.12 bits per heavy atom. The summed E-state index contributed by atoms with van der Waals surface area (Å²) < 4.78 is 18.8. The number of pyridine rings is 1. The van der Waals surface area contributed by atoms with Gasteiger partial charge in [-0.1, -0.05) is 30.3 Å². The van der Waals surface area contributed by atoms with Gasteiger partial charge in [-0.3, -0.25) is 4.98 Å². The number of hydrogen-bond donors (Lipinski definition) is 0. The maximum Gasteiger partial charge on any atom is 0.339 e. The van der Waals surface area contributed by atoms with Crippen molar-refractivity contribution in [2.24, 2.45) is 0 Å². The molecule has 1 atom stereocenters. The Hall–Kier alpha value is -2.75. The third-order valence-corrected chi connectivity index (χ3v) is 4.75. The topological polar surface area (TPSA) is 39.2 Å². The molecule has 1 aromatic heterocycles. The van der Waals surface area contributed by atoms with E-state index in [0.717, 1.165) is 47.0 Å². The number of carbonyl (C=O) groups excluding carboxylic acids is 1. The molecule has 0 unspecified atom stereocenters. The normalized spacial score (nSPS) is 14.3. The molecule has 1 aliphatic carbocycles. The summed E-state index contributed by atoms with van der Waals surface area (Å²) >= 11 is 0. The lowest BCUT2D eigenvalue weighted by Crippen LogP contribution is -2.13. The number of aryl methyl sites for hydroxylation is 1. The molecule has 0 amide bonds. The van der Waals surface area contributed by atoms with Gasteiger partial charge >= 0.3 is 5.97 Å². The van der Waals surface area contributed by atoms with Gasteiger partial charge in [0.05, 0.1) is 11.1 Å². The minimum absolute atomic E-state index is 0.305. The number of para-hydroxylation sites is 1. The van der Waals surface area contributed by atoms with Gasteiger partial charge in [-0.2, -0.15) is 0 Å². The molecule has 2 aromatic carbocycles. The molecular weight excluding hydrogens is 317 g/mol. The highest BCUT2D eigenvalue weighted by Crippen LogP contribution is 2.31. The summed E-state index contributed by atoms with van der Waals surface area (Å²) in [6.07, 6.45) is 2.31. The lowest BCUT2D eigenvalue weighted by atomic mass is 10.0. The van der Waals surface area contributed by atoms with Gasteiger partial charge in [-0.15, -0.1) is 0 Å². The number of halogens is 1. The van der Waals surface area contributed by atoms with Crippen molar-refractivity contribution < 1.29 is 13.9 Å². The summed E-state index contributed by atoms with van der Waals surface area (Å²) in [5.74, 6) is -0.645. The van der Waals surface area contributed by atoms with E-state index in [0.29, 0.717) is 5.56 Å². The van der Waals surface area contributed by atoms with Crippen LogP contribution in [0.3, 0.4) is 0 Å². The van der Waals surface area contributed by atoms with Crippen LogP contribution in [0, 0.1) is 5.82 Å². The van der Waals surface area contributed by atoms with Crippen LogP contribution in [-0.4, -0.2) is 11.0 Å². The smallest absolute Gasteiger partial charge is 0.339 e. The maximum atomic E-state index is 13.1. The fourth-order valence-corrected chi connectivity index (χ4v) is 3.47. The fraction of sp³-hybridized carbons (Fsp3) is 0.238. The first kappa shape index (κ1) is 15.8. The van der Waals surface area contributed by atoms with Crippen LogP contribution in [0.25, 0.3) is 10.9 Å². The van der Waals surface area contributed by atoms with E-state index in [2.05, 4.69) is 0 Å². The molecule has 0 bridgehead atoms. The molecular formula is C21H18FNO2. The van der Waals surface area contributed by atoms with Crippen LogP contribution >= 0.6 is 0 Å². The second kappa shape index (κ2) is 6.28. The van der Waals surface area contributed by atoms with Gasteiger partial charge in [-0.25, -0.2) is 9.18 Å². The van der Waals surface area contributed by atoms with E-state index in [-0.39, 0.29) is 11.8 Å². The van der Waals surface area contributed by atoms with Crippen LogP contribution in [0.15, 0.2) is 48.5 Å². The third-order valence-electron chi connectivity index (χ3n) is 4.75. The van der Waals surface area contributed by atoms with Crippen LogP contribution in [0.4, 0.5) is 4.39 Å². The number of benzene rings is 2. The number of ether oxygens (including phenoxy) is 1. The zero-order chi connectivity index (χ0) is 17.4. The Bertz CT molecular complexity index is 950. The van der Waals surface area contributed by atoms with Crippen LogP contribution in [0.2, 0.25) is 0 Å². The molecule has 4 heteroatoms. The molecule has 1 heterocycles. The van der Waals surface area contributed by atoms with Gasteiger partial charge in [0, 0.05) is 11.1 Å². The van der Waals surface area contributed by atoms with Gasteiger partial charge in [0.15, 0.2) is 0 Å². The number of esters is 1. The fourth-order valence-electron chi connectivity index (χ4n) is 3.47. The second-order valence-corrected chi connectivity index (χ2v) is 6.38. The molecule has 126 valence electrons. The SMILES string of the molecule is C[C@@H](OC(=O)c1c2c(nc3ccccc13)CCC2)c1ccc(F)cc1. The van der Waals surface area contributed by atoms with Gasteiger partial charge in [0.2, 0.25) is 0 Å². The van der Waals surface area contributed by atoms with Crippen molar-refractivity contribution in [2.45, 2.75) is 32.3 Å². The van der Waals surface area contributed by atoms with Crippen LogP contribution in [-0.2, 0) is 17.6 Å². The monoisotopic (exact) mass is 335 g/mol. The predicted octanol–water partition coefficient (Wildman–Crippen LogP) is 4.78. The van der Waals surface area contributed by atoms with Crippen molar-refractivity contribution in [2.75, 3.05) is 0 Å². The molecule has 0 fully saturated rings. The average molecular weight is 335 g/mol. The van der Waals surface area contributed by atoms with E-state index >= 15 is 0 Å². The van der Waals surface area contributed by atoms with Crippen molar-refractivity contribution >= 4 is 16.9 Å². The zero-order valence-corrected chi connectivity index (χ0v) is 14.0. The molecule has 0 spiro atoms. The summed E-state index contributed by atoms with van der Waals surface area (Å²) in [7, 11) is 0. The number of carbonyl (C=O) groups is 1. The summed E-state index contributed by atoms with van der Waals surface area (Å²) in [6.45, 7) is 1.80. The predicted molar refractivity (Wildman–Crippen MR) is 94.0 cm³/mol. The molecule has 0 saturated carbocycles. The Kier molecular flexibility index (Phi) is 3.96. The first-order chi connectivity index (χ1) is 12.1. The number of aromatic nitrogens is 1. The highest BCUT2D eigenvalue weighted by molar-refractivity contribution is 6.05. The van der Waals surface area contributed by atoms with Crippen molar-refractivity contribution in [1.29, 1.82) is 0 Å². The van der Waals surface area contributed by atoms with Gasteiger partial charge < -0.3 is 4.74 Å². The molecule has 0 saturated heterocycles.